The van der Waals surface area contributed by atoms with Gasteiger partial charge in [-0.15, -0.1) is 0 Å². The average Bonchev–Trinajstić information content (AvgIpc) is 2.57. The van der Waals surface area contributed by atoms with Gasteiger partial charge in [0.2, 0.25) is 5.91 Å². The molecule has 132 valence electrons. The van der Waals surface area contributed by atoms with Crippen molar-refractivity contribution in [2.45, 2.75) is 45.1 Å². The smallest absolute Gasteiger partial charge is 0.251 e. The van der Waals surface area contributed by atoms with E-state index in [0.717, 1.165) is 32.5 Å². The van der Waals surface area contributed by atoms with E-state index in [-0.39, 0.29) is 37.8 Å². The number of rotatable bonds is 3. The normalized spacial score (nSPS) is 22.5. The molecule has 0 spiro atoms. The first kappa shape index (κ1) is 17.3. The molecule has 1 amide bonds. The molecule has 2 saturated heterocycles. The van der Waals surface area contributed by atoms with Crippen LogP contribution in [0.1, 0.15) is 36.8 Å². The summed E-state index contributed by atoms with van der Waals surface area (Å²) in [6, 6.07) is 8.55. The topological polar surface area (TPSA) is 23.6 Å². The van der Waals surface area contributed by atoms with Gasteiger partial charge in [0, 0.05) is 38.4 Å². The van der Waals surface area contributed by atoms with E-state index in [4.69, 9.17) is 0 Å². The van der Waals surface area contributed by atoms with E-state index in [9.17, 15) is 13.6 Å². The van der Waals surface area contributed by atoms with E-state index in [1.54, 1.807) is 4.90 Å². The predicted octanol–water partition coefficient (Wildman–Crippen LogP) is 3.46. The van der Waals surface area contributed by atoms with Gasteiger partial charge in [0.25, 0.3) is 5.92 Å². The molecule has 0 radical (unpaired) electrons. The number of alkyl halides is 2. The summed E-state index contributed by atoms with van der Waals surface area (Å²) in [7, 11) is 0. The van der Waals surface area contributed by atoms with Crippen molar-refractivity contribution in [1.82, 2.24) is 9.80 Å². The first-order chi connectivity index (χ1) is 11.4. The van der Waals surface area contributed by atoms with Crippen molar-refractivity contribution in [2.75, 3.05) is 26.2 Å². The summed E-state index contributed by atoms with van der Waals surface area (Å²) in [6.07, 6.45) is 1.28. The fraction of sp³-hybridized carbons (Fsp3) is 0.632. The molecule has 24 heavy (non-hydrogen) atoms. The summed E-state index contributed by atoms with van der Waals surface area (Å²) in [5.41, 5.74) is 2.55. The second kappa shape index (κ2) is 7.18. The minimum atomic E-state index is -2.59. The summed E-state index contributed by atoms with van der Waals surface area (Å²) in [5.74, 6) is -2.50. The van der Waals surface area contributed by atoms with Gasteiger partial charge in [-0.3, -0.25) is 9.69 Å². The molecule has 2 aliphatic heterocycles. The van der Waals surface area contributed by atoms with Crippen LogP contribution >= 0.6 is 0 Å². The molecular formula is C19H26F2N2O. The molecule has 0 N–H and O–H groups in total. The Morgan fingerprint density at radius 2 is 1.67 bits per heavy atom. The zero-order valence-corrected chi connectivity index (χ0v) is 14.3. The number of aryl methyl sites for hydroxylation is 1. The van der Waals surface area contributed by atoms with Crippen LogP contribution in [0.5, 0.6) is 0 Å². The Morgan fingerprint density at radius 1 is 1.08 bits per heavy atom. The molecule has 0 unspecified atom stereocenters. The zero-order chi connectivity index (χ0) is 17.2. The van der Waals surface area contributed by atoms with E-state index < -0.39 is 5.92 Å². The highest BCUT2D eigenvalue weighted by Crippen LogP contribution is 2.30. The average molecular weight is 336 g/mol. The number of hydrogen-bond donors (Lipinski definition) is 0. The van der Waals surface area contributed by atoms with Crippen LogP contribution in [0.4, 0.5) is 8.78 Å². The molecule has 3 rings (SSSR count). The number of halogens is 2. The van der Waals surface area contributed by atoms with Crippen LogP contribution in [-0.4, -0.2) is 47.8 Å². The molecular weight excluding hydrogens is 310 g/mol. The lowest BCUT2D eigenvalue weighted by atomic mass is 9.93. The van der Waals surface area contributed by atoms with Gasteiger partial charge in [-0.25, -0.2) is 8.78 Å². The Balaban J connectivity index is 1.46. The highest BCUT2D eigenvalue weighted by atomic mass is 19.3. The molecule has 2 aliphatic rings. The van der Waals surface area contributed by atoms with Gasteiger partial charge in [-0.2, -0.15) is 0 Å². The Kier molecular flexibility index (Phi) is 5.18. The molecule has 0 bridgehead atoms. The van der Waals surface area contributed by atoms with E-state index >= 15 is 0 Å². The molecule has 0 aromatic heterocycles. The van der Waals surface area contributed by atoms with Crippen LogP contribution in [0.25, 0.3) is 0 Å². The Hall–Kier alpha value is -1.49. The van der Waals surface area contributed by atoms with Crippen molar-refractivity contribution in [3.8, 4) is 0 Å². The van der Waals surface area contributed by atoms with Gasteiger partial charge in [0.15, 0.2) is 0 Å². The van der Waals surface area contributed by atoms with Crippen molar-refractivity contribution in [1.29, 1.82) is 0 Å². The van der Waals surface area contributed by atoms with Gasteiger partial charge in [0.1, 0.15) is 0 Å². The van der Waals surface area contributed by atoms with Gasteiger partial charge < -0.3 is 4.90 Å². The molecule has 3 nitrogen and oxygen atoms in total. The number of likely N-dealkylation sites (tertiary alicyclic amines) is 2. The standard InChI is InChI=1S/C19H26F2N2O/c1-15-2-4-16(5-3-15)14-22-10-6-17(7-11-22)18(24)23-12-8-19(20,21)9-13-23/h2-5,17H,6-14H2,1H3. The highest BCUT2D eigenvalue weighted by molar-refractivity contribution is 5.79. The van der Waals surface area contributed by atoms with Crippen LogP contribution in [-0.2, 0) is 11.3 Å². The fourth-order valence-electron chi connectivity index (χ4n) is 3.60. The maximum absolute atomic E-state index is 13.2. The molecule has 5 heteroatoms. The summed E-state index contributed by atoms with van der Waals surface area (Å²) >= 11 is 0. The van der Waals surface area contributed by atoms with E-state index in [1.807, 2.05) is 0 Å². The lowest BCUT2D eigenvalue weighted by Crippen LogP contribution is -2.47. The second-order valence-corrected chi connectivity index (χ2v) is 7.22. The number of carbonyl (C=O) groups excluding carboxylic acids is 1. The van der Waals surface area contributed by atoms with Crippen molar-refractivity contribution < 1.29 is 13.6 Å². The number of amides is 1. The molecule has 1 aromatic rings. The Morgan fingerprint density at radius 3 is 2.25 bits per heavy atom. The summed E-state index contributed by atoms with van der Waals surface area (Å²) in [6.45, 7) is 5.20. The zero-order valence-electron chi connectivity index (χ0n) is 14.3. The number of hydrogen-bond acceptors (Lipinski definition) is 2. The first-order valence-electron chi connectivity index (χ1n) is 8.87. The summed E-state index contributed by atoms with van der Waals surface area (Å²) in [5, 5.41) is 0. The van der Waals surface area contributed by atoms with Crippen LogP contribution in [0.15, 0.2) is 24.3 Å². The first-order valence-corrected chi connectivity index (χ1v) is 8.87. The Labute approximate surface area is 142 Å². The maximum atomic E-state index is 13.2. The van der Waals surface area contributed by atoms with Crippen LogP contribution in [0, 0.1) is 12.8 Å². The number of carbonyl (C=O) groups is 1. The Bertz CT molecular complexity index is 555. The third-order valence-electron chi connectivity index (χ3n) is 5.27. The molecule has 1 aromatic carbocycles. The van der Waals surface area contributed by atoms with Gasteiger partial charge >= 0.3 is 0 Å². The van der Waals surface area contributed by atoms with Crippen LogP contribution < -0.4 is 0 Å². The van der Waals surface area contributed by atoms with Crippen molar-refractivity contribution >= 4 is 5.91 Å². The lowest BCUT2D eigenvalue weighted by Gasteiger charge is -2.37. The number of nitrogens with zero attached hydrogens (tertiary/aromatic N) is 2. The minimum absolute atomic E-state index is 0.00555. The minimum Gasteiger partial charge on any atom is -0.342 e. The van der Waals surface area contributed by atoms with E-state index in [2.05, 4.69) is 36.1 Å². The number of benzene rings is 1. The van der Waals surface area contributed by atoms with Gasteiger partial charge in [0.05, 0.1) is 0 Å². The molecule has 2 fully saturated rings. The van der Waals surface area contributed by atoms with Crippen molar-refractivity contribution in [3.63, 3.8) is 0 Å². The molecule has 0 saturated carbocycles. The highest BCUT2D eigenvalue weighted by Gasteiger charge is 2.37. The van der Waals surface area contributed by atoms with Gasteiger partial charge in [-0.1, -0.05) is 29.8 Å². The lowest BCUT2D eigenvalue weighted by molar-refractivity contribution is -0.143. The maximum Gasteiger partial charge on any atom is 0.251 e. The van der Waals surface area contributed by atoms with Crippen LogP contribution in [0.3, 0.4) is 0 Å². The summed E-state index contributed by atoms with van der Waals surface area (Å²) < 4.78 is 26.4. The quantitative estimate of drug-likeness (QED) is 0.844. The molecule has 2 heterocycles. The largest absolute Gasteiger partial charge is 0.342 e. The van der Waals surface area contributed by atoms with Crippen molar-refractivity contribution in [3.05, 3.63) is 35.4 Å². The van der Waals surface area contributed by atoms with Crippen molar-refractivity contribution in [2.24, 2.45) is 5.92 Å². The molecule has 0 atom stereocenters. The SMILES string of the molecule is Cc1ccc(CN2CCC(C(=O)N3CCC(F)(F)CC3)CC2)cc1. The predicted molar refractivity (Wildman–Crippen MR) is 89.9 cm³/mol. The fourth-order valence-corrected chi connectivity index (χ4v) is 3.60. The number of piperidine rings is 2. The molecule has 0 aliphatic carbocycles. The van der Waals surface area contributed by atoms with Crippen LogP contribution in [0.2, 0.25) is 0 Å². The third-order valence-corrected chi connectivity index (χ3v) is 5.27. The second-order valence-electron chi connectivity index (χ2n) is 7.22. The summed E-state index contributed by atoms with van der Waals surface area (Å²) in [4.78, 5) is 16.6. The van der Waals surface area contributed by atoms with E-state index in [0.29, 0.717) is 0 Å². The van der Waals surface area contributed by atoms with Gasteiger partial charge in [-0.05, 0) is 38.4 Å². The van der Waals surface area contributed by atoms with E-state index in [1.165, 1.54) is 11.1 Å². The third kappa shape index (κ3) is 4.32. The monoisotopic (exact) mass is 336 g/mol.